The van der Waals surface area contributed by atoms with Crippen molar-refractivity contribution in [2.45, 2.75) is 5.16 Å². The first-order chi connectivity index (χ1) is 11.1. The zero-order valence-electron chi connectivity index (χ0n) is 11.8. The van der Waals surface area contributed by atoms with Crippen LogP contribution in [0.2, 0.25) is 0 Å². The Morgan fingerprint density at radius 3 is 2.83 bits per heavy atom. The van der Waals surface area contributed by atoms with Gasteiger partial charge in [0.05, 0.1) is 5.75 Å². The Bertz CT molecular complexity index is 836. The second kappa shape index (κ2) is 6.49. The number of nitrogens with zero attached hydrogens (tertiary/aromatic N) is 3. The highest BCUT2D eigenvalue weighted by Crippen LogP contribution is 2.26. The maximum absolute atomic E-state index is 12.1. The molecule has 0 aliphatic heterocycles. The molecule has 0 aliphatic rings. The molecule has 0 aliphatic carbocycles. The molecule has 0 fully saturated rings. The van der Waals surface area contributed by atoms with Crippen molar-refractivity contribution < 1.29 is 15.0 Å². The molecule has 23 heavy (non-hydrogen) atoms. The van der Waals surface area contributed by atoms with E-state index < -0.39 is 0 Å². The highest BCUT2D eigenvalue weighted by molar-refractivity contribution is 7.99. The average Bonchev–Trinajstić information content (AvgIpc) is 3.05. The highest BCUT2D eigenvalue weighted by atomic mass is 32.2. The molecule has 0 atom stereocenters. The summed E-state index contributed by atoms with van der Waals surface area (Å²) in [6, 6.07) is 7.62. The van der Waals surface area contributed by atoms with Crippen LogP contribution in [0.15, 0.2) is 47.9 Å². The largest absolute Gasteiger partial charge is 0.504 e. The lowest BCUT2D eigenvalue weighted by molar-refractivity contribution is 0.102. The van der Waals surface area contributed by atoms with Crippen molar-refractivity contribution in [1.82, 2.24) is 20.2 Å². The number of aromatic nitrogens is 4. The molecule has 3 N–H and O–H groups in total. The van der Waals surface area contributed by atoms with Crippen LogP contribution in [-0.2, 0) is 0 Å². The molecule has 0 unspecified atom stereocenters. The monoisotopic (exact) mass is 328 g/mol. The van der Waals surface area contributed by atoms with Crippen molar-refractivity contribution >= 4 is 17.5 Å². The van der Waals surface area contributed by atoms with Crippen LogP contribution in [0.1, 0.15) is 10.4 Å². The second-order valence-electron chi connectivity index (χ2n) is 4.62. The summed E-state index contributed by atoms with van der Waals surface area (Å²) in [6.45, 7) is 0. The number of aromatic amines is 1. The molecule has 0 bridgehead atoms. The summed E-state index contributed by atoms with van der Waals surface area (Å²) < 4.78 is 0. The lowest BCUT2D eigenvalue weighted by atomic mass is 10.1. The number of ketones is 1. The predicted molar refractivity (Wildman–Crippen MR) is 84.4 cm³/mol. The number of phenolic OH excluding ortho intramolecular Hbond substituents is 2. The molecule has 7 nitrogen and oxygen atoms in total. The molecule has 1 aromatic carbocycles. The fourth-order valence-electron chi connectivity index (χ4n) is 1.85. The minimum Gasteiger partial charge on any atom is -0.504 e. The number of benzene rings is 1. The molecule has 3 rings (SSSR count). The first-order valence-electron chi connectivity index (χ1n) is 6.64. The van der Waals surface area contributed by atoms with Gasteiger partial charge in [-0.3, -0.25) is 14.9 Å². The van der Waals surface area contributed by atoms with Crippen LogP contribution in [0.5, 0.6) is 11.5 Å². The zero-order chi connectivity index (χ0) is 16.2. The van der Waals surface area contributed by atoms with Crippen LogP contribution >= 0.6 is 11.8 Å². The van der Waals surface area contributed by atoms with E-state index in [4.69, 9.17) is 0 Å². The number of thioether (sulfide) groups is 1. The number of nitrogens with one attached hydrogen (secondary N) is 1. The Hall–Kier alpha value is -2.87. The highest BCUT2D eigenvalue weighted by Gasteiger charge is 2.12. The first-order valence-corrected chi connectivity index (χ1v) is 7.63. The summed E-state index contributed by atoms with van der Waals surface area (Å²) in [6.07, 6.45) is 3.33. The van der Waals surface area contributed by atoms with Crippen LogP contribution in [0.4, 0.5) is 0 Å². The SMILES string of the molecule is O=C(CSc1n[nH]c(-c2cccnc2)n1)c1ccc(O)c(O)c1. The van der Waals surface area contributed by atoms with Gasteiger partial charge in [0.2, 0.25) is 5.16 Å². The Morgan fingerprint density at radius 2 is 2.09 bits per heavy atom. The van der Waals surface area contributed by atoms with Crippen molar-refractivity contribution in [2.24, 2.45) is 0 Å². The summed E-state index contributed by atoms with van der Waals surface area (Å²) in [4.78, 5) is 20.4. The van der Waals surface area contributed by atoms with Crippen LogP contribution in [0.25, 0.3) is 11.4 Å². The molecule has 0 saturated heterocycles. The van der Waals surface area contributed by atoms with Crippen LogP contribution in [0.3, 0.4) is 0 Å². The van der Waals surface area contributed by atoms with E-state index in [0.29, 0.717) is 16.5 Å². The van der Waals surface area contributed by atoms with Gasteiger partial charge in [-0.1, -0.05) is 11.8 Å². The Labute approximate surface area is 135 Å². The van der Waals surface area contributed by atoms with Gasteiger partial charge in [0, 0.05) is 23.5 Å². The van der Waals surface area contributed by atoms with Crippen molar-refractivity contribution in [2.75, 3.05) is 5.75 Å². The molecular formula is C15H12N4O3S. The summed E-state index contributed by atoms with van der Waals surface area (Å²) >= 11 is 1.18. The Kier molecular flexibility index (Phi) is 4.24. The van der Waals surface area contributed by atoms with Gasteiger partial charge in [0.1, 0.15) is 0 Å². The van der Waals surface area contributed by atoms with Crippen LogP contribution < -0.4 is 0 Å². The number of carbonyl (C=O) groups is 1. The normalized spacial score (nSPS) is 10.6. The third-order valence-corrected chi connectivity index (χ3v) is 3.88. The number of hydrogen-bond acceptors (Lipinski definition) is 7. The summed E-state index contributed by atoms with van der Waals surface area (Å²) in [5, 5.41) is 26.0. The maximum Gasteiger partial charge on any atom is 0.209 e. The number of phenols is 2. The Balaban J connectivity index is 1.65. The molecule has 3 aromatic rings. The zero-order valence-corrected chi connectivity index (χ0v) is 12.6. The molecule has 8 heteroatoms. The van der Waals surface area contributed by atoms with E-state index in [1.165, 1.54) is 30.0 Å². The van der Waals surface area contributed by atoms with Gasteiger partial charge in [0.25, 0.3) is 0 Å². The lowest BCUT2D eigenvalue weighted by Gasteiger charge is -2.01. The van der Waals surface area contributed by atoms with Gasteiger partial charge in [-0.25, -0.2) is 4.98 Å². The molecule has 0 amide bonds. The lowest BCUT2D eigenvalue weighted by Crippen LogP contribution is -2.02. The van der Waals surface area contributed by atoms with Gasteiger partial charge in [-0.05, 0) is 30.3 Å². The second-order valence-corrected chi connectivity index (χ2v) is 5.57. The third kappa shape index (κ3) is 3.49. The molecule has 0 radical (unpaired) electrons. The Morgan fingerprint density at radius 1 is 1.22 bits per heavy atom. The summed E-state index contributed by atoms with van der Waals surface area (Å²) in [5.41, 5.74) is 1.12. The molecule has 0 spiro atoms. The van der Waals surface area contributed by atoms with E-state index in [1.807, 2.05) is 6.07 Å². The fraction of sp³-hybridized carbons (Fsp3) is 0.0667. The number of pyridine rings is 1. The summed E-state index contributed by atoms with van der Waals surface area (Å²) in [7, 11) is 0. The number of hydrogen-bond donors (Lipinski definition) is 3. The van der Waals surface area contributed by atoms with Crippen molar-refractivity contribution in [3.8, 4) is 22.9 Å². The van der Waals surface area contributed by atoms with Crippen LogP contribution in [-0.4, -0.2) is 41.9 Å². The van der Waals surface area contributed by atoms with E-state index in [-0.39, 0.29) is 23.0 Å². The molecular weight excluding hydrogens is 316 g/mol. The van der Waals surface area contributed by atoms with Crippen LogP contribution in [0, 0.1) is 0 Å². The van der Waals surface area contributed by atoms with Crippen molar-refractivity contribution in [3.63, 3.8) is 0 Å². The minimum absolute atomic E-state index is 0.120. The topological polar surface area (TPSA) is 112 Å². The van der Waals surface area contributed by atoms with Crippen molar-refractivity contribution in [3.05, 3.63) is 48.3 Å². The van der Waals surface area contributed by atoms with Gasteiger partial charge in [-0.2, -0.15) is 0 Å². The molecule has 2 heterocycles. The van der Waals surface area contributed by atoms with E-state index >= 15 is 0 Å². The standard InChI is InChI=1S/C15H12N4O3S/c20-11-4-3-9(6-12(11)21)13(22)8-23-15-17-14(18-19-15)10-2-1-5-16-7-10/h1-7,20-21H,8H2,(H,17,18,19). The van der Waals surface area contributed by atoms with Gasteiger partial charge in [0.15, 0.2) is 23.1 Å². The minimum atomic E-state index is -0.322. The van der Waals surface area contributed by atoms with Crippen molar-refractivity contribution in [1.29, 1.82) is 0 Å². The number of carbonyl (C=O) groups excluding carboxylic acids is 1. The van der Waals surface area contributed by atoms with E-state index in [2.05, 4.69) is 20.2 Å². The fourth-order valence-corrected chi connectivity index (χ4v) is 2.55. The third-order valence-electron chi connectivity index (χ3n) is 3.03. The van der Waals surface area contributed by atoms with E-state index in [9.17, 15) is 15.0 Å². The number of rotatable bonds is 5. The summed E-state index contributed by atoms with van der Waals surface area (Å²) in [5.74, 6) is -0.0793. The quantitative estimate of drug-likeness (QED) is 0.374. The van der Waals surface area contributed by atoms with Gasteiger partial charge >= 0.3 is 0 Å². The smallest absolute Gasteiger partial charge is 0.209 e. The number of H-pyrrole nitrogens is 1. The molecule has 0 saturated carbocycles. The molecule has 2 aromatic heterocycles. The van der Waals surface area contributed by atoms with Gasteiger partial charge in [-0.15, -0.1) is 5.10 Å². The number of Topliss-reactive ketones (excluding diaryl/α,β-unsaturated/α-hetero) is 1. The van der Waals surface area contributed by atoms with Gasteiger partial charge < -0.3 is 10.2 Å². The maximum atomic E-state index is 12.1. The predicted octanol–water partition coefficient (Wildman–Crippen LogP) is 2.25. The van der Waals surface area contributed by atoms with E-state index in [0.717, 1.165) is 5.56 Å². The number of aromatic hydroxyl groups is 2. The van der Waals surface area contributed by atoms with E-state index in [1.54, 1.807) is 18.5 Å². The first kappa shape index (κ1) is 15.0. The average molecular weight is 328 g/mol. The molecule has 116 valence electrons.